The predicted molar refractivity (Wildman–Crippen MR) is 61.0 cm³/mol. The summed E-state index contributed by atoms with van der Waals surface area (Å²) in [6, 6.07) is 0. The maximum absolute atomic E-state index is 9.00. The predicted octanol–water partition coefficient (Wildman–Crippen LogP) is 0.0272. The topological polar surface area (TPSA) is 99.5 Å². The first kappa shape index (κ1) is 18.6. The zero-order valence-electron chi connectivity index (χ0n) is 10.5. The summed E-state index contributed by atoms with van der Waals surface area (Å²) >= 11 is 0. The lowest BCUT2D eigenvalue weighted by molar-refractivity contribution is -0.371. The van der Waals surface area contributed by atoms with Gasteiger partial charge in [0.1, 0.15) is 0 Å². The lowest BCUT2D eigenvalue weighted by Crippen LogP contribution is -2.28. The van der Waals surface area contributed by atoms with Gasteiger partial charge >= 0.3 is 0 Å². The second kappa shape index (κ2) is 15.3. The van der Waals surface area contributed by atoms with E-state index in [1.807, 2.05) is 0 Å². The van der Waals surface area contributed by atoms with E-state index in [0.717, 1.165) is 19.8 Å². The molecular formula is C10H23NO6. The Kier molecular flexibility index (Phi) is 16.7. The van der Waals surface area contributed by atoms with Gasteiger partial charge < -0.3 is 15.3 Å². The molecule has 0 aromatic carbocycles. The number of unbranched alkanes of at least 4 members (excludes halogenated alkanes) is 1. The van der Waals surface area contributed by atoms with Gasteiger partial charge in [0, 0.05) is 6.92 Å². The van der Waals surface area contributed by atoms with Gasteiger partial charge in [-0.25, -0.2) is 0 Å². The van der Waals surface area contributed by atoms with E-state index in [-0.39, 0.29) is 26.4 Å². The molecule has 7 heteroatoms. The first-order valence-corrected chi connectivity index (χ1v) is 5.53. The quantitative estimate of drug-likeness (QED) is 0.498. The van der Waals surface area contributed by atoms with Crippen molar-refractivity contribution >= 4 is 5.97 Å². The molecule has 0 rings (SSSR count). The summed E-state index contributed by atoms with van der Waals surface area (Å²) in [4.78, 5) is 19.1. The third kappa shape index (κ3) is 21.2. The lowest BCUT2D eigenvalue weighted by atomic mass is 10.3. The van der Waals surface area contributed by atoms with E-state index in [0.29, 0.717) is 6.54 Å². The summed E-state index contributed by atoms with van der Waals surface area (Å²) in [5, 5.41) is 25.8. The number of carboxylic acids is 1. The fourth-order valence-electron chi connectivity index (χ4n) is 0.739. The number of hydrogen-bond donors (Lipinski definition) is 3. The third-order valence-corrected chi connectivity index (χ3v) is 1.35. The molecule has 17 heavy (non-hydrogen) atoms. The van der Waals surface area contributed by atoms with Crippen molar-refractivity contribution in [2.75, 3.05) is 33.0 Å². The molecule has 0 aromatic heterocycles. The van der Waals surface area contributed by atoms with E-state index in [1.165, 1.54) is 5.23 Å². The average molecular weight is 253 g/mol. The minimum Gasteiger partial charge on any atom is -0.481 e. The van der Waals surface area contributed by atoms with Crippen LogP contribution in [0.5, 0.6) is 0 Å². The molecule has 0 aliphatic heterocycles. The van der Waals surface area contributed by atoms with Crippen molar-refractivity contribution in [1.29, 1.82) is 0 Å². The van der Waals surface area contributed by atoms with Crippen LogP contribution in [-0.4, -0.2) is 59.5 Å². The molecule has 0 saturated heterocycles. The van der Waals surface area contributed by atoms with Gasteiger partial charge in [0.25, 0.3) is 5.97 Å². The number of aliphatic hydroxyl groups is 2. The standard InChI is InChI=1S/C8H19NO4.C2H4O2/c1-2-3-4-9(12-7-5-10)13-8-6-11;1-2(3)4/h10-11H,2-8H2,1H3;1H3,(H,3,4). The summed E-state index contributed by atoms with van der Waals surface area (Å²) in [5.74, 6) is -0.833. The highest BCUT2D eigenvalue weighted by Gasteiger charge is 2.03. The molecule has 0 saturated carbocycles. The number of rotatable bonds is 9. The van der Waals surface area contributed by atoms with Crippen LogP contribution in [0, 0.1) is 0 Å². The summed E-state index contributed by atoms with van der Waals surface area (Å²) in [6.45, 7) is 4.16. The fraction of sp³-hybridized carbons (Fsp3) is 0.900. The Balaban J connectivity index is 0. The van der Waals surface area contributed by atoms with Gasteiger partial charge in [-0.1, -0.05) is 18.6 Å². The van der Waals surface area contributed by atoms with Crippen molar-refractivity contribution in [2.24, 2.45) is 0 Å². The average Bonchev–Trinajstić information content (AvgIpc) is 2.27. The van der Waals surface area contributed by atoms with E-state index in [4.69, 9.17) is 29.8 Å². The molecule has 0 atom stereocenters. The van der Waals surface area contributed by atoms with Crippen molar-refractivity contribution in [3.05, 3.63) is 0 Å². The fourth-order valence-corrected chi connectivity index (χ4v) is 0.739. The summed E-state index contributed by atoms with van der Waals surface area (Å²) in [5.41, 5.74) is 0. The molecule has 0 unspecified atom stereocenters. The molecule has 0 heterocycles. The number of aliphatic hydroxyl groups excluding tert-OH is 2. The number of nitrogens with zero attached hydrogens (tertiary/aromatic N) is 1. The number of carbonyl (C=O) groups is 1. The van der Waals surface area contributed by atoms with Crippen LogP contribution in [0.4, 0.5) is 0 Å². The third-order valence-electron chi connectivity index (χ3n) is 1.35. The van der Waals surface area contributed by atoms with Crippen LogP contribution in [0.1, 0.15) is 26.7 Å². The molecule has 0 bridgehead atoms. The van der Waals surface area contributed by atoms with Crippen LogP contribution in [-0.2, 0) is 14.5 Å². The van der Waals surface area contributed by atoms with Crippen LogP contribution in [0.15, 0.2) is 0 Å². The number of hydrogen-bond acceptors (Lipinski definition) is 6. The van der Waals surface area contributed by atoms with Crippen molar-refractivity contribution in [2.45, 2.75) is 26.7 Å². The van der Waals surface area contributed by atoms with E-state index >= 15 is 0 Å². The van der Waals surface area contributed by atoms with Crippen LogP contribution in [0.25, 0.3) is 0 Å². The highest BCUT2D eigenvalue weighted by atomic mass is 16.9. The monoisotopic (exact) mass is 253 g/mol. The molecular weight excluding hydrogens is 230 g/mol. The van der Waals surface area contributed by atoms with Crippen LogP contribution >= 0.6 is 0 Å². The smallest absolute Gasteiger partial charge is 0.300 e. The number of carboxylic acid groups (broad SMARTS) is 1. The Morgan fingerprint density at radius 3 is 1.88 bits per heavy atom. The number of hydroxylamine groups is 2. The van der Waals surface area contributed by atoms with Crippen LogP contribution in [0.3, 0.4) is 0 Å². The zero-order chi connectivity index (χ0) is 13.5. The summed E-state index contributed by atoms with van der Waals surface area (Å²) in [7, 11) is 0. The van der Waals surface area contributed by atoms with Crippen molar-refractivity contribution in [3.63, 3.8) is 0 Å². The summed E-state index contributed by atoms with van der Waals surface area (Å²) < 4.78 is 0. The lowest BCUT2D eigenvalue weighted by Gasteiger charge is -2.19. The Morgan fingerprint density at radius 1 is 1.18 bits per heavy atom. The van der Waals surface area contributed by atoms with Gasteiger partial charge in [-0.2, -0.15) is 0 Å². The molecule has 0 fully saturated rings. The minimum atomic E-state index is -0.833. The molecule has 3 N–H and O–H groups in total. The number of aliphatic carboxylic acids is 1. The first-order chi connectivity index (χ1) is 8.08. The van der Waals surface area contributed by atoms with Gasteiger partial charge in [-0.15, -0.1) is 0 Å². The van der Waals surface area contributed by atoms with Crippen LogP contribution < -0.4 is 0 Å². The Bertz CT molecular complexity index is 144. The normalized spacial score (nSPS) is 9.94. The molecule has 0 amide bonds. The summed E-state index contributed by atoms with van der Waals surface area (Å²) in [6.07, 6.45) is 2.00. The van der Waals surface area contributed by atoms with Crippen molar-refractivity contribution in [3.8, 4) is 0 Å². The Hall–Kier alpha value is -0.730. The SMILES string of the molecule is CC(=O)O.CCCCN(OCCO)OCCO. The van der Waals surface area contributed by atoms with Crippen LogP contribution in [0.2, 0.25) is 0 Å². The van der Waals surface area contributed by atoms with E-state index in [1.54, 1.807) is 0 Å². The molecule has 0 aliphatic rings. The zero-order valence-corrected chi connectivity index (χ0v) is 10.5. The maximum atomic E-state index is 9.00. The molecule has 0 aromatic rings. The minimum absolute atomic E-state index is 0.0366. The van der Waals surface area contributed by atoms with Crippen molar-refractivity contribution in [1.82, 2.24) is 5.23 Å². The molecule has 0 radical (unpaired) electrons. The van der Waals surface area contributed by atoms with E-state index in [9.17, 15) is 0 Å². The molecule has 0 aliphatic carbocycles. The van der Waals surface area contributed by atoms with Gasteiger partial charge in [0.2, 0.25) is 0 Å². The Labute approximate surface area is 101 Å². The van der Waals surface area contributed by atoms with Gasteiger partial charge in [-0.05, 0) is 6.42 Å². The van der Waals surface area contributed by atoms with E-state index < -0.39 is 5.97 Å². The van der Waals surface area contributed by atoms with Gasteiger partial charge in [0.15, 0.2) is 0 Å². The molecule has 0 spiro atoms. The second-order valence-corrected chi connectivity index (χ2v) is 3.04. The van der Waals surface area contributed by atoms with E-state index in [2.05, 4.69) is 6.92 Å². The maximum Gasteiger partial charge on any atom is 0.300 e. The second-order valence-electron chi connectivity index (χ2n) is 3.04. The molecule has 7 nitrogen and oxygen atoms in total. The Morgan fingerprint density at radius 2 is 1.59 bits per heavy atom. The van der Waals surface area contributed by atoms with Gasteiger partial charge in [-0.3, -0.25) is 14.5 Å². The largest absolute Gasteiger partial charge is 0.481 e. The molecule has 104 valence electrons. The highest BCUT2D eigenvalue weighted by Crippen LogP contribution is 1.97. The van der Waals surface area contributed by atoms with Crippen molar-refractivity contribution < 1.29 is 29.8 Å². The highest BCUT2D eigenvalue weighted by molar-refractivity contribution is 5.62. The first-order valence-electron chi connectivity index (χ1n) is 5.53. The van der Waals surface area contributed by atoms with Gasteiger partial charge in [0.05, 0.1) is 33.0 Å².